The maximum absolute atomic E-state index is 11.6. The van der Waals surface area contributed by atoms with Crippen LogP contribution in [0.1, 0.15) is 31.4 Å². The van der Waals surface area contributed by atoms with Gasteiger partial charge in [0.05, 0.1) is 6.04 Å². The lowest BCUT2D eigenvalue weighted by atomic mass is 10.1. The maximum atomic E-state index is 11.6. The van der Waals surface area contributed by atoms with Gasteiger partial charge in [-0.15, -0.1) is 0 Å². The first-order valence-corrected chi connectivity index (χ1v) is 5.81. The molecule has 3 heteroatoms. The summed E-state index contributed by atoms with van der Waals surface area (Å²) in [4.78, 5) is 13.4. The van der Waals surface area contributed by atoms with E-state index in [1.54, 1.807) is 0 Å². The van der Waals surface area contributed by atoms with Crippen LogP contribution in [0.25, 0.3) is 0 Å². The highest BCUT2D eigenvalue weighted by Crippen LogP contribution is 2.27. The molecule has 1 fully saturated rings. The Hall–Kier alpha value is -1.51. The van der Waals surface area contributed by atoms with Crippen molar-refractivity contribution in [3.8, 4) is 0 Å². The number of amides is 1. The predicted molar refractivity (Wildman–Crippen MR) is 62.1 cm³/mol. The van der Waals surface area contributed by atoms with Gasteiger partial charge >= 0.3 is 6.09 Å². The number of ether oxygens (including phenoxy) is 1. The smallest absolute Gasteiger partial charge is 0.410 e. The Bertz CT molecular complexity index is 350. The summed E-state index contributed by atoms with van der Waals surface area (Å²) < 4.78 is 5.12. The second-order valence-corrected chi connectivity index (χ2v) is 4.05. The molecular formula is C13H17NO2. The number of cyclic esters (lactones) is 1. The number of carbonyl (C=O) groups is 1. The van der Waals surface area contributed by atoms with Gasteiger partial charge in [0.15, 0.2) is 0 Å². The molecule has 0 radical (unpaired) electrons. The second-order valence-electron chi connectivity index (χ2n) is 4.05. The molecule has 1 aromatic rings. The average molecular weight is 219 g/mol. The van der Waals surface area contributed by atoms with Crippen molar-refractivity contribution in [2.75, 3.05) is 13.2 Å². The molecule has 1 aromatic carbocycles. The number of hydrogen-bond acceptors (Lipinski definition) is 2. The largest absolute Gasteiger partial charge is 0.447 e. The number of benzene rings is 1. The Labute approximate surface area is 96.0 Å². The van der Waals surface area contributed by atoms with Gasteiger partial charge in [-0.1, -0.05) is 43.7 Å². The molecule has 0 saturated carbocycles. The van der Waals surface area contributed by atoms with Gasteiger partial charge in [-0.3, -0.25) is 4.90 Å². The molecular weight excluding hydrogens is 202 g/mol. The molecule has 16 heavy (non-hydrogen) atoms. The number of unbranched alkanes of at least 4 members (excludes halogenated alkanes) is 1. The van der Waals surface area contributed by atoms with E-state index in [1.807, 2.05) is 35.2 Å². The minimum Gasteiger partial charge on any atom is -0.447 e. The summed E-state index contributed by atoms with van der Waals surface area (Å²) in [6.45, 7) is 3.39. The summed E-state index contributed by atoms with van der Waals surface area (Å²) in [5.41, 5.74) is 1.16. The van der Waals surface area contributed by atoms with E-state index in [4.69, 9.17) is 4.74 Å². The van der Waals surface area contributed by atoms with Crippen LogP contribution in [0.2, 0.25) is 0 Å². The third kappa shape index (κ3) is 2.18. The normalized spacial score (nSPS) is 19.9. The van der Waals surface area contributed by atoms with Crippen molar-refractivity contribution in [2.24, 2.45) is 0 Å². The van der Waals surface area contributed by atoms with Crippen LogP contribution in [-0.2, 0) is 4.74 Å². The molecule has 1 amide bonds. The molecule has 1 heterocycles. The molecule has 1 aliphatic rings. The van der Waals surface area contributed by atoms with Crippen molar-refractivity contribution in [1.82, 2.24) is 4.90 Å². The lowest BCUT2D eigenvalue weighted by Gasteiger charge is -2.21. The molecule has 0 unspecified atom stereocenters. The van der Waals surface area contributed by atoms with E-state index in [0.717, 1.165) is 24.9 Å². The second kappa shape index (κ2) is 5.01. The van der Waals surface area contributed by atoms with Crippen LogP contribution in [0.5, 0.6) is 0 Å². The van der Waals surface area contributed by atoms with E-state index < -0.39 is 0 Å². The molecule has 0 aromatic heterocycles. The molecule has 1 saturated heterocycles. The van der Waals surface area contributed by atoms with Crippen LogP contribution in [0.3, 0.4) is 0 Å². The van der Waals surface area contributed by atoms with Crippen molar-refractivity contribution < 1.29 is 9.53 Å². The third-order valence-corrected chi connectivity index (χ3v) is 2.91. The van der Waals surface area contributed by atoms with Gasteiger partial charge in [0, 0.05) is 6.54 Å². The fourth-order valence-corrected chi connectivity index (χ4v) is 1.98. The Morgan fingerprint density at radius 1 is 1.38 bits per heavy atom. The standard InChI is InChI=1S/C13H17NO2/c1-2-3-9-14-12(10-16-13(14)15)11-7-5-4-6-8-11/h4-8,12H,2-3,9-10H2,1H3/t12-/m1/s1. The van der Waals surface area contributed by atoms with Crippen molar-refractivity contribution in [2.45, 2.75) is 25.8 Å². The summed E-state index contributed by atoms with van der Waals surface area (Å²) >= 11 is 0. The van der Waals surface area contributed by atoms with Gasteiger partial charge in [-0.05, 0) is 12.0 Å². The maximum Gasteiger partial charge on any atom is 0.410 e. The Balaban J connectivity index is 2.11. The van der Waals surface area contributed by atoms with Crippen LogP contribution in [0.4, 0.5) is 4.79 Å². The van der Waals surface area contributed by atoms with Crippen LogP contribution < -0.4 is 0 Å². The lowest BCUT2D eigenvalue weighted by Crippen LogP contribution is -2.28. The molecule has 1 atom stereocenters. The molecule has 0 spiro atoms. The highest BCUT2D eigenvalue weighted by atomic mass is 16.6. The van der Waals surface area contributed by atoms with Gasteiger partial charge < -0.3 is 4.74 Å². The molecule has 3 nitrogen and oxygen atoms in total. The monoisotopic (exact) mass is 219 g/mol. The van der Waals surface area contributed by atoms with Gasteiger partial charge in [0.25, 0.3) is 0 Å². The Morgan fingerprint density at radius 2 is 2.12 bits per heavy atom. The summed E-state index contributed by atoms with van der Waals surface area (Å²) in [6.07, 6.45) is 1.94. The average Bonchev–Trinajstić information content (AvgIpc) is 2.69. The first kappa shape index (κ1) is 11.0. The zero-order chi connectivity index (χ0) is 11.4. The van der Waals surface area contributed by atoms with Crippen LogP contribution in [-0.4, -0.2) is 24.1 Å². The summed E-state index contributed by atoms with van der Waals surface area (Å²) in [6, 6.07) is 10.2. The molecule has 1 aliphatic heterocycles. The Kier molecular flexibility index (Phi) is 3.44. The minimum atomic E-state index is -0.178. The zero-order valence-electron chi connectivity index (χ0n) is 9.56. The zero-order valence-corrected chi connectivity index (χ0v) is 9.56. The van der Waals surface area contributed by atoms with E-state index in [2.05, 4.69) is 6.92 Å². The number of rotatable bonds is 4. The minimum absolute atomic E-state index is 0.0975. The first-order valence-electron chi connectivity index (χ1n) is 5.81. The predicted octanol–water partition coefficient (Wildman–Crippen LogP) is 2.98. The fourth-order valence-electron chi connectivity index (χ4n) is 1.98. The van der Waals surface area contributed by atoms with E-state index >= 15 is 0 Å². The molecule has 2 rings (SSSR count). The Morgan fingerprint density at radius 3 is 2.81 bits per heavy atom. The number of carbonyl (C=O) groups excluding carboxylic acids is 1. The van der Waals surface area contributed by atoms with Gasteiger partial charge in [0.1, 0.15) is 6.61 Å². The quantitative estimate of drug-likeness (QED) is 0.779. The van der Waals surface area contributed by atoms with Gasteiger partial charge in [-0.2, -0.15) is 0 Å². The number of hydrogen-bond donors (Lipinski definition) is 0. The van der Waals surface area contributed by atoms with Crippen molar-refractivity contribution in [3.05, 3.63) is 35.9 Å². The van der Waals surface area contributed by atoms with Gasteiger partial charge in [0.2, 0.25) is 0 Å². The third-order valence-electron chi connectivity index (χ3n) is 2.91. The first-order chi connectivity index (χ1) is 7.83. The topological polar surface area (TPSA) is 29.5 Å². The molecule has 0 bridgehead atoms. The van der Waals surface area contributed by atoms with Gasteiger partial charge in [-0.25, -0.2) is 4.79 Å². The highest BCUT2D eigenvalue weighted by molar-refractivity contribution is 5.70. The number of nitrogens with zero attached hydrogens (tertiary/aromatic N) is 1. The van der Waals surface area contributed by atoms with E-state index in [1.165, 1.54) is 0 Å². The van der Waals surface area contributed by atoms with Crippen molar-refractivity contribution >= 4 is 6.09 Å². The van der Waals surface area contributed by atoms with E-state index in [-0.39, 0.29) is 12.1 Å². The van der Waals surface area contributed by atoms with Crippen LogP contribution >= 0.6 is 0 Å². The molecule has 0 aliphatic carbocycles. The van der Waals surface area contributed by atoms with E-state index in [0.29, 0.717) is 6.61 Å². The van der Waals surface area contributed by atoms with E-state index in [9.17, 15) is 4.79 Å². The molecule has 0 N–H and O–H groups in total. The fraction of sp³-hybridized carbons (Fsp3) is 0.462. The van der Waals surface area contributed by atoms with Crippen molar-refractivity contribution in [3.63, 3.8) is 0 Å². The highest BCUT2D eigenvalue weighted by Gasteiger charge is 2.33. The summed E-state index contributed by atoms with van der Waals surface area (Å²) in [5.74, 6) is 0. The van der Waals surface area contributed by atoms with Crippen LogP contribution in [0.15, 0.2) is 30.3 Å². The molecule has 86 valence electrons. The SMILES string of the molecule is CCCCN1C(=O)OC[C@@H]1c1ccccc1. The van der Waals surface area contributed by atoms with Crippen molar-refractivity contribution in [1.29, 1.82) is 0 Å². The lowest BCUT2D eigenvalue weighted by molar-refractivity contribution is 0.157. The van der Waals surface area contributed by atoms with Crippen LogP contribution in [0, 0.1) is 0 Å². The summed E-state index contributed by atoms with van der Waals surface area (Å²) in [5, 5.41) is 0. The summed E-state index contributed by atoms with van der Waals surface area (Å²) in [7, 11) is 0.